The third-order valence-electron chi connectivity index (χ3n) is 5.86. The lowest BCUT2D eigenvalue weighted by molar-refractivity contribution is -0.126. The number of carbonyl (C=O) groups is 3. The van der Waals surface area contributed by atoms with Crippen molar-refractivity contribution in [1.82, 2.24) is 10.2 Å². The number of ether oxygens (including phenoxy) is 1. The molecule has 1 aliphatic heterocycles. The third kappa shape index (κ3) is 5.71. The molecule has 8 heteroatoms. The van der Waals surface area contributed by atoms with Crippen LogP contribution in [-0.2, 0) is 16.1 Å². The molecule has 0 bridgehead atoms. The number of benzene rings is 3. The summed E-state index contributed by atoms with van der Waals surface area (Å²) in [6.45, 7) is 5.92. The molecule has 0 aromatic heterocycles. The summed E-state index contributed by atoms with van der Waals surface area (Å²) in [5, 5.41) is 5.64. The van der Waals surface area contributed by atoms with Crippen LogP contribution in [0.3, 0.4) is 0 Å². The molecule has 2 N–H and O–H groups in total. The smallest absolute Gasteiger partial charge is 0.411 e. The number of hydrogen-bond acceptors (Lipinski definition) is 4. The van der Waals surface area contributed by atoms with Crippen molar-refractivity contribution in [2.75, 3.05) is 5.32 Å². The predicted molar refractivity (Wildman–Crippen MR) is 134 cm³/mol. The van der Waals surface area contributed by atoms with Gasteiger partial charge < -0.3 is 15.4 Å². The monoisotopic (exact) mass is 489 g/mol. The first kappa shape index (κ1) is 24.9. The summed E-state index contributed by atoms with van der Waals surface area (Å²) in [5.74, 6) is -1.11. The Morgan fingerprint density at radius 3 is 2.22 bits per heavy atom. The summed E-state index contributed by atoms with van der Waals surface area (Å²) in [4.78, 5) is 39.9. The van der Waals surface area contributed by atoms with E-state index in [0.29, 0.717) is 16.8 Å². The van der Waals surface area contributed by atoms with Gasteiger partial charge in [-0.05, 0) is 68.3 Å². The van der Waals surface area contributed by atoms with E-state index in [-0.39, 0.29) is 24.4 Å². The number of anilines is 1. The number of rotatable bonds is 7. The second-order valence-corrected chi connectivity index (χ2v) is 9.11. The van der Waals surface area contributed by atoms with E-state index in [1.165, 1.54) is 29.2 Å². The van der Waals surface area contributed by atoms with Crippen LogP contribution in [0.5, 0.6) is 0 Å². The Labute approximate surface area is 209 Å². The average Bonchev–Trinajstić information content (AvgIpc) is 3.17. The van der Waals surface area contributed by atoms with E-state index in [1.54, 1.807) is 24.3 Å². The maximum Gasteiger partial charge on any atom is 0.411 e. The SMILES string of the molecule is Cc1ccc(CN2C(=O)OC(c3ccc(NC(=O)c4ccc(F)cc4)cc3)C2C(=O)NC(C)C)cc1. The molecule has 1 heterocycles. The van der Waals surface area contributed by atoms with E-state index in [2.05, 4.69) is 10.6 Å². The Bertz CT molecular complexity index is 1240. The molecule has 0 aliphatic carbocycles. The summed E-state index contributed by atoms with van der Waals surface area (Å²) >= 11 is 0. The second kappa shape index (κ2) is 10.6. The molecular weight excluding hydrogens is 461 g/mol. The van der Waals surface area contributed by atoms with Gasteiger partial charge in [0.25, 0.3) is 5.91 Å². The molecule has 2 atom stereocenters. The fourth-order valence-corrected chi connectivity index (χ4v) is 4.03. The summed E-state index contributed by atoms with van der Waals surface area (Å²) in [6.07, 6.45) is -1.39. The van der Waals surface area contributed by atoms with Crippen molar-refractivity contribution >= 4 is 23.6 Å². The Morgan fingerprint density at radius 1 is 0.972 bits per heavy atom. The zero-order valence-corrected chi connectivity index (χ0v) is 20.3. The largest absolute Gasteiger partial charge is 0.438 e. The van der Waals surface area contributed by atoms with E-state index in [0.717, 1.165) is 11.1 Å². The van der Waals surface area contributed by atoms with Gasteiger partial charge in [0.15, 0.2) is 12.1 Å². The number of amides is 3. The lowest BCUT2D eigenvalue weighted by Crippen LogP contribution is -2.48. The van der Waals surface area contributed by atoms with Gasteiger partial charge in [-0.2, -0.15) is 0 Å². The van der Waals surface area contributed by atoms with Gasteiger partial charge in [0, 0.05) is 17.3 Å². The van der Waals surface area contributed by atoms with Crippen LogP contribution in [0.4, 0.5) is 14.9 Å². The molecule has 1 aliphatic rings. The number of nitrogens with zero attached hydrogens (tertiary/aromatic N) is 1. The van der Waals surface area contributed by atoms with Crippen molar-refractivity contribution in [3.63, 3.8) is 0 Å². The summed E-state index contributed by atoms with van der Waals surface area (Å²) in [6, 6.07) is 18.8. The van der Waals surface area contributed by atoms with Crippen LogP contribution in [0.15, 0.2) is 72.8 Å². The number of nitrogens with one attached hydrogen (secondary N) is 2. The van der Waals surface area contributed by atoms with Crippen molar-refractivity contribution in [1.29, 1.82) is 0 Å². The molecule has 0 saturated carbocycles. The van der Waals surface area contributed by atoms with Gasteiger partial charge in [-0.1, -0.05) is 42.0 Å². The zero-order valence-electron chi connectivity index (χ0n) is 20.3. The summed E-state index contributed by atoms with van der Waals surface area (Å²) in [5.41, 5.74) is 3.44. The fourth-order valence-electron chi connectivity index (χ4n) is 4.03. The number of aryl methyl sites for hydroxylation is 1. The lowest BCUT2D eigenvalue weighted by Gasteiger charge is -2.25. The molecule has 3 aromatic rings. The molecular formula is C28H28FN3O4. The highest BCUT2D eigenvalue weighted by Gasteiger charge is 2.47. The molecule has 1 fully saturated rings. The fraction of sp³-hybridized carbons (Fsp3) is 0.250. The lowest BCUT2D eigenvalue weighted by atomic mass is 10.00. The van der Waals surface area contributed by atoms with Crippen LogP contribution in [0.25, 0.3) is 0 Å². The topological polar surface area (TPSA) is 87.7 Å². The number of carbonyl (C=O) groups excluding carboxylic acids is 3. The van der Waals surface area contributed by atoms with Crippen molar-refractivity contribution in [2.45, 2.75) is 45.5 Å². The summed E-state index contributed by atoms with van der Waals surface area (Å²) in [7, 11) is 0. The van der Waals surface area contributed by atoms with E-state index in [9.17, 15) is 18.8 Å². The van der Waals surface area contributed by atoms with Crippen LogP contribution in [0.2, 0.25) is 0 Å². The molecule has 3 aromatic carbocycles. The Morgan fingerprint density at radius 2 is 1.61 bits per heavy atom. The predicted octanol–water partition coefficient (Wildman–Crippen LogP) is 4.97. The molecule has 0 spiro atoms. The highest BCUT2D eigenvalue weighted by molar-refractivity contribution is 6.04. The summed E-state index contributed by atoms with van der Waals surface area (Å²) < 4.78 is 18.8. The van der Waals surface area contributed by atoms with E-state index in [1.807, 2.05) is 45.0 Å². The molecule has 1 saturated heterocycles. The Kier molecular flexibility index (Phi) is 7.33. The van der Waals surface area contributed by atoms with Crippen molar-refractivity contribution in [3.05, 3.63) is 101 Å². The molecule has 186 valence electrons. The standard InChI is InChI=1S/C28H28FN3O4/c1-17(2)30-27(34)24-25(36-28(35)32(24)16-19-6-4-18(3)5-7-19)20-10-14-23(15-11-20)31-26(33)21-8-12-22(29)13-9-21/h4-15,17,24-25H,16H2,1-3H3,(H,30,34)(H,31,33). The van der Waals surface area contributed by atoms with Crippen molar-refractivity contribution < 1.29 is 23.5 Å². The maximum absolute atomic E-state index is 13.2. The molecule has 4 rings (SSSR count). The Balaban J connectivity index is 1.54. The molecule has 36 heavy (non-hydrogen) atoms. The first-order valence-corrected chi connectivity index (χ1v) is 11.7. The van der Waals surface area contributed by atoms with Gasteiger partial charge in [-0.15, -0.1) is 0 Å². The number of cyclic esters (lactones) is 1. The Hall–Kier alpha value is -4.20. The van der Waals surface area contributed by atoms with E-state index in [4.69, 9.17) is 4.74 Å². The third-order valence-corrected chi connectivity index (χ3v) is 5.86. The van der Waals surface area contributed by atoms with Gasteiger partial charge in [-0.25, -0.2) is 9.18 Å². The highest BCUT2D eigenvalue weighted by atomic mass is 19.1. The molecule has 0 radical (unpaired) electrons. The average molecular weight is 490 g/mol. The second-order valence-electron chi connectivity index (χ2n) is 9.11. The van der Waals surface area contributed by atoms with Gasteiger partial charge in [0.2, 0.25) is 5.91 Å². The van der Waals surface area contributed by atoms with Crippen LogP contribution in [-0.4, -0.2) is 34.9 Å². The first-order chi connectivity index (χ1) is 17.2. The van der Waals surface area contributed by atoms with E-state index >= 15 is 0 Å². The molecule has 2 unspecified atom stereocenters. The first-order valence-electron chi connectivity index (χ1n) is 11.7. The minimum Gasteiger partial charge on any atom is -0.438 e. The van der Waals surface area contributed by atoms with Crippen LogP contribution < -0.4 is 10.6 Å². The van der Waals surface area contributed by atoms with Gasteiger partial charge in [-0.3, -0.25) is 14.5 Å². The zero-order chi connectivity index (χ0) is 25.8. The number of hydrogen-bond donors (Lipinski definition) is 2. The number of halogens is 1. The maximum atomic E-state index is 13.2. The molecule has 3 amide bonds. The minimum absolute atomic E-state index is 0.112. The van der Waals surface area contributed by atoms with Gasteiger partial charge in [0.1, 0.15) is 5.82 Å². The van der Waals surface area contributed by atoms with Gasteiger partial charge >= 0.3 is 6.09 Å². The van der Waals surface area contributed by atoms with Crippen LogP contribution in [0, 0.1) is 12.7 Å². The normalized spacial score (nSPS) is 17.1. The minimum atomic E-state index is -0.860. The van der Waals surface area contributed by atoms with E-state index < -0.39 is 24.1 Å². The van der Waals surface area contributed by atoms with Crippen LogP contribution in [0.1, 0.15) is 47.0 Å². The van der Waals surface area contributed by atoms with Crippen molar-refractivity contribution in [2.24, 2.45) is 0 Å². The highest BCUT2D eigenvalue weighted by Crippen LogP contribution is 2.34. The molecule has 7 nitrogen and oxygen atoms in total. The quantitative estimate of drug-likeness (QED) is 0.490. The van der Waals surface area contributed by atoms with Crippen molar-refractivity contribution in [3.8, 4) is 0 Å². The van der Waals surface area contributed by atoms with Crippen LogP contribution >= 0.6 is 0 Å². The van der Waals surface area contributed by atoms with Gasteiger partial charge in [0.05, 0.1) is 6.54 Å².